The molecule has 93 heavy (non-hydrogen) atoms. The first kappa shape index (κ1) is 55.7. The molecule has 0 aliphatic heterocycles. The van der Waals surface area contributed by atoms with Gasteiger partial charge in [-0.1, -0.05) is 182 Å². The largest absolute Gasteiger partial charge is 0.457 e. The van der Waals surface area contributed by atoms with Gasteiger partial charge in [0.1, 0.15) is 37.1 Å². The lowest BCUT2D eigenvalue weighted by Crippen LogP contribution is -2.12. The molecule has 0 bridgehead atoms. The van der Waals surface area contributed by atoms with Gasteiger partial charge in [-0.25, -0.2) is 28.8 Å². The average Bonchev–Trinajstić information content (AvgIpc) is 0.769. The zero-order valence-corrected chi connectivity index (χ0v) is 49.3. The quantitative estimate of drug-likeness (QED) is 0.0415. The van der Waals surface area contributed by atoms with E-state index in [1.807, 2.05) is 91.0 Å². The van der Waals surface area contributed by atoms with Gasteiger partial charge in [0.25, 0.3) is 0 Å². The van der Waals surface area contributed by atoms with Crippen molar-refractivity contribution in [1.82, 2.24) is 0 Å². The number of esters is 6. The molecule has 0 aliphatic carbocycles. The maximum Gasteiger partial charge on any atom is 0.343 e. The van der Waals surface area contributed by atoms with Crippen LogP contribution >= 0.6 is 0 Å². The molecule has 0 atom stereocenters. The first-order valence-electron chi connectivity index (χ1n) is 30.1. The third-order valence-corrected chi connectivity index (χ3v) is 17.4. The van der Waals surface area contributed by atoms with Crippen molar-refractivity contribution in [2.24, 2.45) is 0 Å². The summed E-state index contributed by atoms with van der Waals surface area (Å²) in [5.74, 6) is -4.22. The van der Waals surface area contributed by atoms with Gasteiger partial charge in [-0.2, -0.15) is 0 Å². The van der Waals surface area contributed by atoms with Crippen molar-refractivity contribution in [2.75, 3.05) is 0 Å². The molecule has 0 heterocycles. The summed E-state index contributed by atoms with van der Waals surface area (Å²) >= 11 is 0. The van der Waals surface area contributed by atoms with E-state index in [0.29, 0.717) is 33.4 Å². The van der Waals surface area contributed by atoms with Crippen molar-refractivity contribution in [3.8, 4) is 17.2 Å². The predicted molar refractivity (Wildman–Crippen MR) is 358 cm³/mol. The summed E-state index contributed by atoms with van der Waals surface area (Å²) in [6.45, 7) is -0.216. The minimum Gasteiger partial charge on any atom is -0.457 e. The second kappa shape index (κ2) is 22.8. The fourth-order valence-corrected chi connectivity index (χ4v) is 12.9. The summed E-state index contributed by atoms with van der Waals surface area (Å²) in [7, 11) is 0. The SMILES string of the molecule is O=C(Oc1cc(OC(=O)c2ccc(COC(=O)c3ccc4ccc5cccc6ccc3c4c56)cc2)cc(OC(=O)c2ccc(COC(=O)c3ccc4ccc5cccc6ccc3c4c56)cc2)c1)c1ccc(COC(=O)c2ccc3ccc4cccc5ccc2c3c45)cc1. The van der Waals surface area contributed by atoms with Crippen molar-refractivity contribution < 1.29 is 57.2 Å². The third kappa shape index (κ3) is 10.3. The van der Waals surface area contributed by atoms with Crippen LogP contribution in [0.3, 0.4) is 0 Å². The number of ether oxygens (including phenoxy) is 6. The minimum atomic E-state index is -0.793. The van der Waals surface area contributed by atoms with Gasteiger partial charge in [0.2, 0.25) is 0 Å². The Morgan fingerprint density at radius 2 is 0.452 bits per heavy atom. The van der Waals surface area contributed by atoms with Crippen LogP contribution in [0.2, 0.25) is 0 Å². The molecule has 16 rings (SSSR count). The Bertz CT molecular complexity index is 5100. The lowest BCUT2D eigenvalue weighted by Gasteiger charge is -2.14. The number of hydrogen-bond acceptors (Lipinski definition) is 12. The smallest absolute Gasteiger partial charge is 0.343 e. The van der Waals surface area contributed by atoms with E-state index in [9.17, 15) is 28.8 Å². The molecule has 0 saturated heterocycles. The standard InChI is InChI=1S/C81H48O12/c82-76(58-16-10-46(11-17-58)43-88-79(85)67-37-31-55-25-22-49-4-1-7-52-28-34-64(67)73(55)70(49)52)91-61-40-62(92-77(83)59-18-12-47(13-19-59)44-89-80(86)68-38-32-56-26-23-50-5-2-8-53-29-35-65(68)74(56)71(50)53)42-63(41-61)93-78(84)60-20-14-48(15-21-60)45-90-81(87)69-39-33-57-27-24-51-6-3-9-54-30-36-66(69)75(57)72(51)54/h1-42H,43-45H2. The summed E-state index contributed by atoms with van der Waals surface area (Å²) in [5, 5.41) is 18.2. The zero-order valence-electron chi connectivity index (χ0n) is 49.3. The number of carbonyl (C=O) groups is 6. The predicted octanol–water partition coefficient (Wildman–Crippen LogP) is 18.1. The number of carbonyl (C=O) groups excluding carboxylic acids is 6. The van der Waals surface area contributed by atoms with Gasteiger partial charge in [-0.05, 0) is 168 Å². The zero-order chi connectivity index (χ0) is 62.8. The van der Waals surface area contributed by atoms with Gasteiger partial charge in [0, 0.05) is 18.2 Å². The van der Waals surface area contributed by atoms with E-state index in [0.717, 1.165) is 97.0 Å². The van der Waals surface area contributed by atoms with Gasteiger partial charge in [-0.3, -0.25) is 0 Å². The Labute approximate surface area is 529 Å². The molecule has 0 saturated carbocycles. The first-order chi connectivity index (χ1) is 45.5. The van der Waals surface area contributed by atoms with Crippen LogP contribution in [0.1, 0.15) is 78.8 Å². The summed E-state index contributed by atoms with van der Waals surface area (Å²) in [4.78, 5) is 82.5. The fourth-order valence-electron chi connectivity index (χ4n) is 12.9. The monoisotopic (exact) mass is 1210 g/mol. The molecule has 12 nitrogen and oxygen atoms in total. The summed E-state index contributed by atoms with van der Waals surface area (Å²) in [5.41, 5.74) is 3.58. The Morgan fingerprint density at radius 3 is 0.710 bits per heavy atom. The lowest BCUT2D eigenvalue weighted by molar-refractivity contribution is 0.0466. The summed E-state index contributed by atoms with van der Waals surface area (Å²) < 4.78 is 35.0. The Hall–Kier alpha value is -12.5. The molecule has 0 N–H and O–H groups in total. The molecule has 0 spiro atoms. The molecule has 0 aromatic heterocycles. The molecule has 0 radical (unpaired) electrons. The van der Waals surface area contributed by atoms with Gasteiger partial charge >= 0.3 is 35.8 Å². The van der Waals surface area contributed by atoms with E-state index >= 15 is 0 Å². The highest BCUT2D eigenvalue weighted by Gasteiger charge is 2.23. The molecule has 444 valence electrons. The van der Waals surface area contributed by atoms with Crippen LogP contribution in [0, 0.1) is 0 Å². The van der Waals surface area contributed by atoms with E-state index in [-0.39, 0.29) is 53.8 Å². The molecule has 16 aromatic rings. The van der Waals surface area contributed by atoms with Crippen LogP contribution in [0.5, 0.6) is 17.2 Å². The van der Waals surface area contributed by atoms with E-state index < -0.39 is 35.8 Å². The Balaban J connectivity index is 0.605. The van der Waals surface area contributed by atoms with Crippen LogP contribution in [0.15, 0.2) is 255 Å². The summed E-state index contributed by atoms with van der Waals surface area (Å²) in [6, 6.07) is 76.7. The van der Waals surface area contributed by atoms with E-state index in [4.69, 9.17) is 28.4 Å². The van der Waals surface area contributed by atoms with Crippen LogP contribution < -0.4 is 14.2 Å². The van der Waals surface area contributed by atoms with Crippen LogP contribution in [0.25, 0.3) is 97.0 Å². The van der Waals surface area contributed by atoms with E-state index in [2.05, 4.69) is 54.6 Å². The van der Waals surface area contributed by atoms with Crippen molar-refractivity contribution >= 4 is 133 Å². The molecule has 0 fully saturated rings. The molecule has 0 amide bonds. The van der Waals surface area contributed by atoms with Crippen molar-refractivity contribution in [2.45, 2.75) is 19.8 Å². The topological polar surface area (TPSA) is 158 Å². The first-order valence-corrected chi connectivity index (χ1v) is 30.1. The van der Waals surface area contributed by atoms with Crippen LogP contribution in [-0.4, -0.2) is 35.8 Å². The van der Waals surface area contributed by atoms with E-state index in [1.54, 1.807) is 54.6 Å². The maximum absolute atomic E-state index is 13.8. The van der Waals surface area contributed by atoms with Crippen LogP contribution in [0.4, 0.5) is 0 Å². The van der Waals surface area contributed by atoms with E-state index in [1.165, 1.54) is 54.6 Å². The highest BCUT2D eigenvalue weighted by atomic mass is 16.6. The van der Waals surface area contributed by atoms with Crippen molar-refractivity contribution in [1.29, 1.82) is 0 Å². The highest BCUT2D eigenvalue weighted by molar-refractivity contribution is 6.28. The molecular weight excluding hydrogens is 1160 g/mol. The molecule has 0 unspecified atom stereocenters. The summed E-state index contributed by atoms with van der Waals surface area (Å²) in [6.07, 6.45) is 0. The maximum atomic E-state index is 13.8. The highest BCUT2D eigenvalue weighted by Crippen LogP contribution is 2.40. The van der Waals surface area contributed by atoms with Gasteiger partial charge in [0.05, 0.1) is 33.4 Å². The van der Waals surface area contributed by atoms with Gasteiger partial charge < -0.3 is 28.4 Å². The molecule has 0 aliphatic rings. The lowest BCUT2D eigenvalue weighted by atomic mass is 9.92. The molecular formula is C81H48O12. The van der Waals surface area contributed by atoms with Gasteiger partial charge in [-0.15, -0.1) is 0 Å². The van der Waals surface area contributed by atoms with Crippen molar-refractivity contribution in [3.05, 3.63) is 305 Å². The average molecular weight is 1210 g/mol. The third-order valence-electron chi connectivity index (χ3n) is 17.4. The second-order valence-corrected chi connectivity index (χ2v) is 23.0. The molecule has 12 heteroatoms. The fraction of sp³-hybridized carbons (Fsp3) is 0.0370. The Kier molecular flexibility index (Phi) is 13.7. The normalized spacial score (nSPS) is 11.6. The molecule has 16 aromatic carbocycles. The number of benzene rings is 16. The minimum absolute atomic E-state index is 0.0720. The Morgan fingerprint density at radius 1 is 0.226 bits per heavy atom. The van der Waals surface area contributed by atoms with Crippen molar-refractivity contribution in [3.63, 3.8) is 0 Å². The number of rotatable bonds is 15. The second-order valence-electron chi connectivity index (χ2n) is 23.0. The van der Waals surface area contributed by atoms with Gasteiger partial charge in [0.15, 0.2) is 0 Å². The number of hydrogen-bond donors (Lipinski definition) is 0. The van der Waals surface area contributed by atoms with Crippen LogP contribution in [-0.2, 0) is 34.0 Å².